The Hall–Kier alpha value is -3.86. The van der Waals surface area contributed by atoms with Crippen molar-refractivity contribution >= 4 is 17.7 Å². The summed E-state index contributed by atoms with van der Waals surface area (Å²) in [5.41, 5.74) is 2.34. The second-order valence-electron chi connectivity index (χ2n) is 7.19. The molecule has 0 radical (unpaired) electrons. The number of allylic oxidation sites excluding steroid dienone is 1. The first-order valence-corrected chi connectivity index (χ1v) is 9.96. The largest absolute Gasteiger partial charge is 0.503 e. The Kier molecular flexibility index (Phi) is 5.85. The van der Waals surface area contributed by atoms with Crippen molar-refractivity contribution in [2.24, 2.45) is 0 Å². The predicted octanol–water partition coefficient (Wildman–Crippen LogP) is 5.84. The van der Waals surface area contributed by atoms with E-state index in [0.29, 0.717) is 29.0 Å². The van der Waals surface area contributed by atoms with Gasteiger partial charge in [0.1, 0.15) is 11.6 Å². The molecule has 1 aliphatic rings. The molecule has 0 bridgehead atoms. The zero-order valence-corrected chi connectivity index (χ0v) is 17.0. The quantitative estimate of drug-likeness (QED) is 0.550. The second kappa shape index (κ2) is 8.88. The van der Waals surface area contributed by atoms with Crippen LogP contribution in [0.4, 0.5) is 10.1 Å². The molecule has 4 rings (SSSR count). The van der Waals surface area contributed by atoms with Crippen LogP contribution in [-0.4, -0.2) is 18.1 Å². The molecule has 4 nitrogen and oxygen atoms in total. The van der Waals surface area contributed by atoms with Gasteiger partial charge in [-0.25, -0.2) is 4.39 Å². The summed E-state index contributed by atoms with van der Waals surface area (Å²) in [5.74, 6) is -0.692. The number of aliphatic hydroxyl groups excluding tert-OH is 1. The van der Waals surface area contributed by atoms with Crippen LogP contribution in [0.1, 0.15) is 23.6 Å². The number of anilines is 1. The molecule has 1 N–H and O–H groups in total. The number of benzene rings is 3. The Morgan fingerprint density at radius 3 is 2.35 bits per heavy atom. The Morgan fingerprint density at radius 1 is 1.00 bits per heavy atom. The number of hydrogen-bond acceptors (Lipinski definition) is 3. The third-order valence-corrected chi connectivity index (χ3v) is 5.31. The van der Waals surface area contributed by atoms with Gasteiger partial charge in [-0.3, -0.25) is 9.69 Å². The number of amides is 1. The molecule has 1 aliphatic heterocycles. The van der Waals surface area contributed by atoms with E-state index in [1.54, 1.807) is 49.6 Å². The van der Waals surface area contributed by atoms with Crippen molar-refractivity contribution in [1.82, 2.24) is 0 Å². The molecule has 0 spiro atoms. The molecular formula is C26H22FNO3. The summed E-state index contributed by atoms with van der Waals surface area (Å²) in [6.45, 7) is 0. The topological polar surface area (TPSA) is 49.8 Å². The van der Waals surface area contributed by atoms with Gasteiger partial charge in [0, 0.05) is 16.8 Å². The normalized spacial score (nSPS) is 16.4. The maximum absolute atomic E-state index is 14.8. The molecule has 1 heterocycles. The summed E-state index contributed by atoms with van der Waals surface area (Å²) in [6, 6.07) is 22.2. The van der Waals surface area contributed by atoms with E-state index in [-0.39, 0.29) is 5.76 Å². The van der Waals surface area contributed by atoms with E-state index < -0.39 is 17.8 Å². The Morgan fingerprint density at radius 2 is 1.68 bits per heavy atom. The van der Waals surface area contributed by atoms with Crippen LogP contribution in [0.25, 0.3) is 6.08 Å². The first-order chi connectivity index (χ1) is 15.1. The summed E-state index contributed by atoms with van der Waals surface area (Å²) < 4.78 is 20.0. The number of ether oxygens (including phenoxy) is 1. The molecule has 3 aromatic carbocycles. The predicted molar refractivity (Wildman–Crippen MR) is 119 cm³/mol. The van der Waals surface area contributed by atoms with Crippen molar-refractivity contribution < 1.29 is 19.0 Å². The van der Waals surface area contributed by atoms with Gasteiger partial charge in [-0.05, 0) is 42.3 Å². The molecule has 0 saturated heterocycles. The monoisotopic (exact) mass is 415 g/mol. The van der Waals surface area contributed by atoms with Gasteiger partial charge >= 0.3 is 0 Å². The van der Waals surface area contributed by atoms with Crippen LogP contribution in [-0.2, 0) is 4.79 Å². The number of rotatable bonds is 6. The van der Waals surface area contributed by atoms with Crippen LogP contribution >= 0.6 is 0 Å². The number of carbonyl (C=O) groups is 1. The summed E-state index contributed by atoms with van der Waals surface area (Å²) >= 11 is 0. The molecule has 0 aromatic heterocycles. The molecular weight excluding hydrogens is 393 g/mol. The first kappa shape index (κ1) is 20.4. The molecule has 31 heavy (non-hydrogen) atoms. The van der Waals surface area contributed by atoms with Gasteiger partial charge in [-0.15, -0.1) is 0 Å². The van der Waals surface area contributed by atoms with Gasteiger partial charge in [0.05, 0.1) is 13.2 Å². The average molecular weight is 415 g/mol. The Labute approximate surface area is 180 Å². The number of methoxy groups -OCH3 is 1. The highest BCUT2D eigenvalue weighted by molar-refractivity contribution is 6.08. The van der Waals surface area contributed by atoms with Crippen LogP contribution in [0, 0.1) is 5.82 Å². The van der Waals surface area contributed by atoms with Gasteiger partial charge in [0.2, 0.25) is 0 Å². The van der Waals surface area contributed by atoms with Crippen molar-refractivity contribution in [3.8, 4) is 5.75 Å². The minimum atomic E-state index is -0.748. The zero-order valence-electron chi connectivity index (χ0n) is 17.0. The van der Waals surface area contributed by atoms with E-state index in [1.165, 1.54) is 11.0 Å². The molecule has 0 aliphatic carbocycles. The van der Waals surface area contributed by atoms with Crippen molar-refractivity contribution in [3.05, 3.63) is 113 Å². The highest BCUT2D eigenvalue weighted by Gasteiger charge is 2.41. The van der Waals surface area contributed by atoms with Crippen molar-refractivity contribution in [2.75, 3.05) is 12.0 Å². The SMILES string of the molecule is COc1ccc(N2C(=O)C(O)=C(C/C=C/c3ccccc3)C2c2ccccc2F)cc1. The minimum Gasteiger partial charge on any atom is -0.503 e. The smallest absolute Gasteiger partial charge is 0.293 e. The fraction of sp³-hybridized carbons (Fsp3) is 0.115. The maximum atomic E-state index is 14.8. The average Bonchev–Trinajstić information content (AvgIpc) is 3.05. The number of carbonyl (C=O) groups excluding carboxylic acids is 1. The lowest BCUT2D eigenvalue weighted by molar-refractivity contribution is -0.117. The number of aliphatic hydroxyl groups is 1. The van der Waals surface area contributed by atoms with Gasteiger partial charge < -0.3 is 9.84 Å². The van der Waals surface area contributed by atoms with E-state index in [2.05, 4.69) is 0 Å². The summed E-state index contributed by atoms with van der Waals surface area (Å²) in [7, 11) is 1.56. The van der Waals surface area contributed by atoms with Gasteiger partial charge in [0.15, 0.2) is 5.76 Å². The lowest BCUT2D eigenvalue weighted by atomic mass is 9.95. The highest BCUT2D eigenvalue weighted by Crippen LogP contribution is 2.43. The lowest BCUT2D eigenvalue weighted by Gasteiger charge is -2.27. The fourth-order valence-corrected chi connectivity index (χ4v) is 3.78. The number of nitrogens with zero attached hydrogens (tertiary/aromatic N) is 1. The summed E-state index contributed by atoms with van der Waals surface area (Å²) in [4.78, 5) is 14.5. The molecule has 1 unspecified atom stereocenters. The van der Waals surface area contributed by atoms with Crippen LogP contribution in [0.3, 0.4) is 0 Å². The van der Waals surface area contributed by atoms with Crippen LogP contribution < -0.4 is 9.64 Å². The van der Waals surface area contributed by atoms with E-state index in [4.69, 9.17) is 4.74 Å². The van der Waals surface area contributed by atoms with Crippen LogP contribution in [0.15, 0.2) is 96.3 Å². The summed E-state index contributed by atoms with van der Waals surface area (Å²) in [6.07, 6.45) is 4.09. The van der Waals surface area contributed by atoms with E-state index in [0.717, 1.165) is 5.56 Å². The standard InChI is InChI=1S/C26H22FNO3/c1-31-20-16-14-19(15-17-20)28-24(21-11-5-6-13-23(21)27)22(25(29)26(28)30)12-7-10-18-8-3-2-4-9-18/h2-11,13-17,24,29H,12H2,1H3/b10-7+. The van der Waals surface area contributed by atoms with Gasteiger partial charge in [0.25, 0.3) is 5.91 Å². The van der Waals surface area contributed by atoms with Crippen LogP contribution in [0.5, 0.6) is 5.75 Å². The molecule has 1 amide bonds. The van der Waals surface area contributed by atoms with E-state index in [1.807, 2.05) is 42.5 Å². The van der Waals surface area contributed by atoms with Crippen molar-refractivity contribution in [3.63, 3.8) is 0 Å². The fourth-order valence-electron chi connectivity index (χ4n) is 3.78. The van der Waals surface area contributed by atoms with Crippen LogP contribution in [0.2, 0.25) is 0 Å². The lowest BCUT2D eigenvalue weighted by Crippen LogP contribution is -2.30. The second-order valence-corrected chi connectivity index (χ2v) is 7.19. The van der Waals surface area contributed by atoms with E-state index in [9.17, 15) is 14.3 Å². The van der Waals surface area contributed by atoms with E-state index >= 15 is 0 Å². The van der Waals surface area contributed by atoms with Crippen molar-refractivity contribution in [2.45, 2.75) is 12.5 Å². The van der Waals surface area contributed by atoms with Gasteiger partial charge in [-0.1, -0.05) is 60.7 Å². The van der Waals surface area contributed by atoms with Crippen molar-refractivity contribution in [1.29, 1.82) is 0 Å². The number of halogens is 1. The molecule has 156 valence electrons. The molecule has 0 fully saturated rings. The Balaban J connectivity index is 1.73. The molecule has 1 atom stereocenters. The first-order valence-electron chi connectivity index (χ1n) is 9.96. The third-order valence-electron chi connectivity index (χ3n) is 5.31. The molecule has 0 saturated carbocycles. The Bertz CT molecular complexity index is 1140. The minimum absolute atomic E-state index is 0.304. The molecule has 3 aromatic rings. The third kappa shape index (κ3) is 4.08. The molecule has 5 heteroatoms. The summed E-state index contributed by atoms with van der Waals surface area (Å²) in [5, 5.41) is 10.7. The number of hydrogen-bond donors (Lipinski definition) is 1. The zero-order chi connectivity index (χ0) is 21.8. The highest BCUT2D eigenvalue weighted by atomic mass is 19.1. The maximum Gasteiger partial charge on any atom is 0.293 e. The van der Waals surface area contributed by atoms with Gasteiger partial charge in [-0.2, -0.15) is 0 Å².